The van der Waals surface area contributed by atoms with Crippen LogP contribution >= 0.6 is 23.6 Å². The maximum atomic E-state index is 14.0. The molecular weight excluding hydrogens is 395 g/mol. The second-order valence-corrected chi connectivity index (χ2v) is 8.80. The Morgan fingerprint density at radius 3 is 2.89 bits per heavy atom. The van der Waals surface area contributed by atoms with Gasteiger partial charge in [-0.15, -0.1) is 11.3 Å². The monoisotopic (exact) mass is 418 g/mol. The van der Waals surface area contributed by atoms with Gasteiger partial charge in [-0.2, -0.15) is 0 Å². The van der Waals surface area contributed by atoms with Crippen molar-refractivity contribution in [2.45, 2.75) is 25.8 Å². The minimum absolute atomic E-state index is 0.130. The Bertz CT molecular complexity index is 1020. The molecule has 1 aliphatic rings. The van der Waals surface area contributed by atoms with Crippen molar-refractivity contribution in [2.24, 2.45) is 5.92 Å². The number of H-pyrrole nitrogens is 2. The Morgan fingerprint density at radius 1 is 1.39 bits per heavy atom. The van der Waals surface area contributed by atoms with E-state index in [-0.39, 0.29) is 17.5 Å². The number of aromatic amines is 2. The zero-order valence-corrected chi connectivity index (χ0v) is 17.3. The van der Waals surface area contributed by atoms with Gasteiger partial charge >= 0.3 is 0 Å². The molecule has 0 saturated carbocycles. The third-order valence-corrected chi connectivity index (χ3v) is 6.60. The number of halogens is 1. The molecule has 1 saturated heterocycles. The molecule has 28 heavy (non-hydrogen) atoms. The lowest BCUT2D eigenvalue weighted by atomic mass is 9.97. The summed E-state index contributed by atoms with van der Waals surface area (Å²) in [6, 6.07) is 6.87. The van der Waals surface area contributed by atoms with E-state index in [1.807, 2.05) is 6.07 Å². The van der Waals surface area contributed by atoms with Gasteiger partial charge in [-0.3, -0.25) is 9.69 Å². The number of nitrogens with one attached hydrogen (secondary N) is 3. The van der Waals surface area contributed by atoms with E-state index in [2.05, 4.69) is 38.6 Å². The summed E-state index contributed by atoms with van der Waals surface area (Å²) in [5.74, 6) is -0.0310. The summed E-state index contributed by atoms with van der Waals surface area (Å²) >= 11 is 6.79. The predicted octanol–water partition coefficient (Wildman–Crippen LogP) is 4.63. The van der Waals surface area contributed by atoms with Gasteiger partial charge in [0, 0.05) is 11.4 Å². The Morgan fingerprint density at radius 2 is 2.18 bits per heavy atom. The van der Waals surface area contributed by atoms with E-state index in [1.165, 1.54) is 29.9 Å². The van der Waals surface area contributed by atoms with Crippen LogP contribution in [0.5, 0.6) is 0 Å². The molecule has 0 radical (unpaired) electrons. The van der Waals surface area contributed by atoms with Gasteiger partial charge in [0.1, 0.15) is 5.82 Å². The number of likely N-dealkylation sites (tertiary alicyclic amines) is 1. The fraction of sp³-hybridized carbons (Fsp3) is 0.400. The smallest absolute Gasteiger partial charge is 0.253 e. The number of rotatable bonds is 5. The minimum atomic E-state index is -0.470. The molecule has 0 spiro atoms. The van der Waals surface area contributed by atoms with Gasteiger partial charge in [0.25, 0.3) is 5.91 Å². The molecule has 1 fully saturated rings. The number of hydrogen-bond acceptors (Lipinski definition) is 4. The molecule has 3 aromatic rings. The largest absolute Gasteiger partial charge is 0.350 e. The summed E-state index contributed by atoms with van der Waals surface area (Å²) in [5.41, 5.74) is 1.29. The number of carbonyl (C=O) groups excluding carboxylic acids is 1. The van der Waals surface area contributed by atoms with Crippen molar-refractivity contribution in [1.29, 1.82) is 0 Å². The van der Waals surface area contributed by atoms with Gasteiger partial charge in [0.2, 0.25) is 0 Å². The van der Waals surface area contributed by atoms with E-state index in [0.717, 1.165) is 19.0 Å². The minimum Gasteiger partial charge on any atom is -0.350 e. The molecule has 8 heteroatoms. The van der Waals surface area contributed by atoms with Gasteiger partial charge in [0.05, 0.1) is 22.6 Å². The normalized spacial score (nSPS) is 17.1. The number of nitrogens with zero attached hydrogens (tertiary/aromatic N) is 1. The second kappa shape index (κ2) is 8.14. The van der Waals surface area contributed by atoms with Crippen molar-refractivity contribution in [1.82, 2.24) is 20.2 Å². The summed E-state index contributed by atoms with van der Waals surface area (Å²) in [6.45, 7) is 4.82. The van der Waals surface area contributed by atoms with Crippen LogP contribution in [-0.4, -0.2) is 40.4 Å². The number of piperidine rings is 1. The first-order valence-electron chi connectivity index (χ1n) is 9.48. The van der Waals surface area contributed by atoms with Crippen LogP contribution in [0.1, 0.15) is 41.0 Å². The predicted molar refractivity (Wildman–Crippen MR) is 113 cm³/mol. The van der Waals surface area contributed by atoms with Crippen LogP contribution in [0.3, 0.4) is 0 Å². The number of aromatic nitrogens is 2. The van der Waals surface area contributed by atoms with Crippen LogP contribution in [0.2, 0.25) is 0 Å². The van der Waals surface area contributed by atoms with E-state index in [0.29, 0.717) is 22.3 Å². The van der Waals surface area contributed by atoms with Crippen LogP contribution in [-0.2, 0) is 0 Å². The lowest BCUT2D eigenvalue weighted by Gasteiger charge is -2.36. The fourth-order valence-corrected chi connectivity index (χ4v) is 4.87. The highest BCUT2D eigenvalue weighted by Gasteiger charge is 2.26. The molecule has 1 amide bonds. The molecular formula is C20H23FN4OS2. The summed E-state index contributed by atoms with van der Waals surface area (Å²) in [7, 11) is 0. The van der Waals surface area contributed by atoms with E-state index in [9.17, 15) is 9.18 Å². The van der Waals surface area contributed by atoms with Crippen LogP contribution in [0.4, 0.5) is 4.39 Å². The summed E-state index contributed by atoms with van der Waals surface area (Å²) in [6.07, 6.45) is 2.33. The molecule has 3 N–H and O–H groups in total. The van der Waals surface area contributed by atoms with Crippen molar-refractivity contribution in [3.05, 3.63) is 50.7 Å². The number of fused-ring (bicyclic) bond motifs is 1. The molecule has 3 heterocycles. The number of hydrogen-bond donors (Lipinski definition) is 3. The van der Waals surface area contributed by atoms with Crippen molar-refractivity contribution in [2.75, 3.05) is 19.6 Å². The lowest BCUT2D eigenvalue weighted by Crippen LogP contribution is -2.41. The lowest BCUT2D eigenvalue weighted by molar-refractivity contribution is 0.0916. The third-order valence-electron chi connectivity index (χ3n) is 5.42. The first-order valence-corrected chi connectivity index (χ1v) is 10.8. The second-order valence-electron chi connectivity index (χ2n) is 7.41. The van der Waals surface area contributed by atoms with E-state index < -0.39 is 5.82 Å². The highest BCUT2D eigenvalue weighted by Crippen LogP contribution is 2.29. The highest BCUT2D eigenvalue weighted by atomic mass is 32.1. The van der Waals surface area contributed by atoms with Gasteiger partial charge in [-0.1, -0.05) is 13.0 Å². The van der Waals surface area contributed by atoms with E-state index >= 15 is 0 Å². The van der Waals surface area contributed by atoms with Crippen LogP contribution < -0.4 is 5.32 Å². The number of imidazole rings is 1. The molecule has 5 nitrogen and oxygen atoms in total. The highest BCUT2D eigenvalue weighted by molar-refractivity contribution is 7.71. The first kappa shape index (κ1) is 19.3. The molecule has 1 atom stereocenters. The van der Waals surface area contributed by atoms with Crippen molar-refractivity contribution in [3.8, 4) is 0 Å². The van der Waals surface area contributed by atoms with Gasteiger partial charge in [-0.05, 0) is 67.6 Å². The molecule has 0 aliphatic carbocycles. The van der Waals surface area contributed by atoms with Gasteiger partial charge < -0.3 is 15.3 Å². The maximum absolute atomic E-state index is 14.0. The maximum Gasteiger partial charge on any atom is 0.253 e. The van der Waals surface area contributed by atoms with Crippen molar-refractivity contribution >= 4 is 40.5 Å². The van der Waals surface area contributed by atoms with Crippen molar-refractivity contribution in [3.63, 3.8) is 0 Å². The van der Waals surface area contributed by atoms with Crippen molar-refractivity contribution < 1.29 is 9.18 Å². The van der Waals surface area contributed by atoms with Crippen LogP contribution in [0.15, 0.2) is 29.6 Å². The Kier molecular flexibility index (Phi) is 5.61. The number of carbonyl (C=O) groups is 1. The average Bonchev–Trinajstić information content (AvgIpc) is 3.31. The SMILES string of the molecule is CC1CCN(C(CNC(=O)c2cc(F)cc3[nH]c(=S)[nH]c23)c2cccs2)CC1. The molecule has 148 valence electrons. The number of benzene rings is 1. The Hall–Kier alpha value is -2.03. The fourth-order valence-electron chi connectivity index (χ4n) is 3.80. The first-order chi connectivity index (χ1) is 13.5. The third kappa shape index (κ3) is 4.04. The molecule has 0 bridgehead atoms. The quantitative estimate of drug-likeness (QED) is 0.530. The number of amides is 1. The zero-order valence-electron chi connectivity index (χ0n) is 15.6. The van der Waals surface area contributed by atoms with E-state index in [1.54, 1.807) is 11.3 Å². The Labute approximate surface area is 172 Å². The summed E-state index contributed by atoms with van der Waals surface area (Å²) in [4.78, 5) is 22.4. The van der Waals surface area contributed by atoms with E-state index in [4.69, 9.17) is 12.2 Å². The average molecular weight is 419 g/mol. The van der Waals surface area contributed by atoms with Gasteiger partial charge in [0.15, 0.2) is 4.77 Å². The molecule has 1 unspecified atom stereocenters. The van der Waals surface area contributed by atoms with Gasteiger partial charge in [-0.25, -0.2) is 4.39 Å². The molecule has 2 aromatic heterocycles. The summed E-state index contributed by atoms with van der Waals surface area (Å²) in [5, 5.41) is 5.08. The number of thiophene rings is 1. The standard InChI is InChI=1S/C20H23FN4OS2/c1-12-4-6-25(7-5-12)16(17-3-2-8-28-17)11-22-19(26)14-9-13(21)10-15-18(14)24-20(27)23-15/h2-3,8-10,12,16H,4-7,11H2,1H3,(H,22,26)(H2,23,24,27). The molecule has 1 aromatic carbocycles. The van der Waals surface area contributed by atoms with Crippen LogP contribution in [0.25, 0.3) is 11.0 Å². The van der Waals surface area contributed by atoms with Crippen LogP contribution in [0, 0.1) is 16.5 Å². The summed E-state index contributed by atoms with van der Waals surface area (Å²) < 4.78 is 14.3. The zero-order chi connectivity index (χ0) is 19.7. The molecule has 4 rings (SSSR count). The Balaban J connectivity index is 1.54. The topological polar surface area (TPSA) is 63.9 Å². The molecule has 1 aliphatic heterocycles.